The monoisotopic (exact) mass is 269 g/mol. The Balaban J connectivity index is 2.07. The first-order valence-electron chi connectivity index (χ1n) is 7.19. The van der Waals surface area contributed by atoms with E-state index in [-0.39, 0.29) is 5.78 Å². The third-order valence-electron chi connectivity index (χ3n) is 4.42. The third-order valence-corrected chi connectivity index (χ3v) is 4.42. The summed E-state index contributed by atoms with van der Waals surface area (Å²) in [6.07, 6.45) is 6.84. The molecule has 104 valence electrons. The second-order valence-corrected chi connectivity index (χ2v) is 5.58. The molecule has 3 rings (SSSR count). The summed E-state index contributed by atoms with van der Waals surface area (Å²) in [6, 6.07) is 10.2. The first kappa shape index (κ1) is 13.0. The second-order valence-electron chi connectivity index (χ2n) is 5.58. The Morgan fingerprint density at radius 2 is 1.85 bits per heavy atom. The molecule has 0 atom stereocenters. The van der Waals surface area contributed by atoms with Crippen molar-refractivity contribution in [2.24, 2.45) is 7.05 Å². The lowest BCUT2D eigenvalue weighted by atomic mass is 9.66. The Hall–Kier alpha value is -1.97. The molecule has 20 heavy (non-hydrogen) atoms. The number of ketones is 1. The molecule has 0 amide bonds. The summed E-state index contributed by atoms with van der Waals surface area (Å²) >= 11 is 0. The number of Topliss-reactive ketones (excluding diaryl/α,β-unsaturated/α-hetero) is 1. The molecule has 0 saturated heterocycles. The Bertz CT molecular complexity index is 597. The highest BCUT2D eigenvalue weighted by Crippen LogP contribution is 2.41. The summed E-state index contributed by atoms with van der Waals surface area (Å²) in [6.45, 7) is 0. The molecule has 4 heteroatoms. The molecule has 1 fully saturated rings. The highest BCUT2D eigenvalue weighted by molar-refractivity contribution is 6.02. The SMILES string of the molecule is Cn1nncc1C(=O)C1(c2ccccc2)CCCCC1. The van der Waals surface area contributed by atoms with E-state index in [4.69, 9.17) is 0 Å². The van der Waals surface area contributed by atoms with Crippen LogP contribution in [0.2, 0.25) is 0 Å². The number of hydrogen-bond donors (Lipinski definition) is 0. The van der Waals surface area contributed by atoms with Crippen molar-refractivity contribution in [2.45, 2.75) is 37.5 Å². The van der Waals surface area contributed by atoms with E-state index in [9.17, 15) is 4.79 Å². The standard InChI is InChI=1S/C16H19N3O/c1-19-14(12-17-18-19)15(20)16(10-6-3-7-11-16)13-8-4-2-5-9-13/h2,4-5,8-9,12H,3,6-7,10-11H2,1H3. The smallest absolute Gasteiger partial charge is 0.192 e. The van der Waals surface area contributed by atoms with Crippen LogP contribution in [-0.4, -0.2) is 20.8 Å². The van der Waals surface area contributed by atoms with Crippen molar-refractivity contribution in [1.29, 1.82) is 0 Å². The van der Waals surface area contributed by atoms with Gasteiger partial charge in [0.15, 0.2) is 5.78 Å². The molecule has 0 aliphatic heterocycles. The summed E-state index contributed by atoms with van der Waals surface area (Å²) in [7, 11) is 1.78. The lowest BCUT2D eigenvalue weighted by molar-refractivity contribution is 0.0829. The van der Waals surface area contributed by atoms with Crippen LogP contribution >= 0.6 is 0 Å². The molecule has 1 saturated carbocycles. The molecule has 0 spiro atoms. The minimum atomic E-state index is -0.394. The summed E-state index contributed by atoms with van der Waals surface area (Å²) in [5.74, 6) is 0.163. The van der Waals surface area contributed by atoms with Crippen molar-refractivity contribution in [3.05, 3.63) is 47.8 Å². The first-order valence-corrected chi connectivity index (χ1v) is 7.19. The van der Waals surface area contributed by atoms with Gasteiger partial charge in [0.05, 0.1) is 11.6 Å². The van der Waals surface area contributed by atoms with E-state index in [1.54, 1.807) is 17.9 Å². The van der Waals surface area contributed by atoms with Gasteiger partial charge >= 0.3 is 0 Å². The molecule has 0 N–H and O–H groups in total. The van der Waals surface area contributed by atoms with Crippen LogP contribution in [-0.2, 0) is 12.5 Å². The molecular weight excluding hydrogens is 250 g/mol. The van der Waals surface area contributed by atoms with E-state index in [1.165, 1.54) is 6.42 Å². The molecule has 1 heterocycles. The van der Waals surface area contributed by atoms with Crippen molar-refractivity contribution in [3.63, 3.8) is 0 Å². The number of aryl methyl sites for hydroxylation is 1. The zero-order chi connectivity index (χ0) is 14.0. The van der Waals surface area contributed by atoms with Gasteiger partial charge in [-0.1, -0.05) is 54.8 Å². The number of carbonyl (C=O) groups excluding carboxylic acids is 1. The van der Waals surface area contributed by atoms with Gasteiger partial charge in [-0.05, 0) is 18.4 Å². The molecule has 1 aromatic heterocycles. The van der Waals surface area contributed by atoms with Crippen LogP contribution in [0.4, 0.5) is 0 Å². The molecule has 1 aliphatic rings. The van der Waals surface area contributed by atoms with Crippen LogP contribution in [0.15, 0.2) is 36.5 Å². The first-order chi connectivity index (χ1) is 9.74. The van der Waals surface area contributed by atoms with Gasteiger partial charge in [-0.2, -0.15) is 0 Å². The fourth-order valence-corrected chi connectivity index (χ4v) is 3.30. The Kier molecular flexibility index (Phi) is 3.38. The van der Waals surface area contributed by atoms with E-state index >= 15 is 0 Å². The molecule has 2 aromatic rings. The van der Waals surface area contributed by atoms with Gasteiger partial charge in [0, 0.05) is 7.05 Å². The predicted molar refractivity (Wildman–Crippen MR) is 76.5 cm³/mol. The van der Waals surface area contributed by atoms with Crippen LogP contribution in [0.25, 0.3) is 0 Å². The van der Waals surface area contributed by atoms with Crippen molar-refractivity contribution in [2.75, 3.05) is 0 Å². The molecular formula is C16H19N3O. The van der Waals surface area contributed by atoms with Crippen LogP contribution in [0.1, 0.15) is 48.2 Å². The quantitative estimate of drug-likeness (QED) is 0.805. The average Bonchev–Trinajstić information content (AvgIpc) is 2.94. The maximum Gasteiger partial charge on any atom is 0.192 e. The Morgan fingerprint density at radius 3 is 2.45 bits per heavy atom. The predicted octanol–water partition coefficient (Wildman–Crippen LogP) is 2.90. The molecule has 0 radical (unpaired) electrons. The third kappa shape index (κ3) is 2.05. The van der Waals surface area contributed by atoms with Crippen LogP contribution in [0.3, 0.4) is 0 Å². The highest BCUT2D eigenvalue weighted by atomic mass is 16.1. The molecule has 1 aromatic carbocycles. The maximum atomic E-state index is 13.1. The van der Waals surface area contributed by atoms with Gasteiger partial charge in [-0.3, -0.25) is 4.79 Å². The Labute approximate surface area is 118 Å². The summed E-state index contributed by atoms with van der Waals surface area (Å²) in [5.41, 5.74) is 1.34. The van der Waals surface area contributed by atoms with E-state index in [0.717, 1.165) is 31.2 Å². The number of carbonyl (C=O) groups is 1. The highest BCUT2D eigenvalue weighted by Gasteiger charge is 2.42. The summed E-state index contributed by atoms with van der Waals surface area (Å²) in [5, 5.41) is 7.76. The zero-order valence-corrected chi connectivity index (χ0v) is 11.7. The number of aromatic nitrogens is 3. The van der Waals surface area contributed by atoms with E-state index in [0.29, 0.717) is 5.69 Å². The van der Waals surface area contributed by atoms with Gasteiger partial charge < -0.3 is 0 Å². The normalized spacial score (nSPS) is 17.9. The van der Waals surface area contributed by atoms with Crippen molar-refractivity contribution in [3.8, 4) is 0 Å². The minimum Gasteiger partial charge on any atom is -0.291 e. The lowest BCUT2D eigenvalue weighted by Crippen LogP contribution is -2.39. The van der Waals surface area contributed by atoms with Crippen LogP contribution in [0.5, 0.6) is 0 Å². The maximum absolute atomic E-state index is 13.1. The zero-order valence-electron chi connectivity index (χ0n) is 11.7. The lowest BCUT2D eigenvalue weighted by Gasteiger charge is -2.36. The van der Waals surface area contributed by atoms with E-state index in [1.807, 2.05) is 18.2 Å². The van der Waals surface area contributed by atoms with Gasteiger partial charge in [0.1, 0.15) is 5.69 Å². The van der Waals surface area contributed by atoms with Gasteiger partial charge in [0.25, 0.3) is 0 Å². The average molecular weight is 269 g/mol. The fraction of sp³-hybridized carbons (Fsp3) is 0.438. The van der Waals surface area contributed by atoms with Gasteiger partial charge in [-0.15, -0.1) is 5.10 Å². The Morgan fingerprint density at radius 1 is 1.15 bits per heavy atom. The molecule has 4 nitrogen and oxygen atoms in total. The van der Waals surface area contributed by atoms with Gasteiger partial charge in [-0.25, -0.2) is 4.68 Å². The fourth-order valence-electron chi connectivity index (χ4n) is 3.30. The van der Waals surface area contributed by atoms with E-state index in [2.05, 4.69) is 22.4 Å². The van der Waals surface area contributed by atoms with Crippen molar-refractivity contribution in [1.82, 2.24) is 15.0 Å². The number of nitrogens with zero attached hydrogens (tertiary/aromatic N) is 3. The minimum absolute atomic E-state index is 0.163. The topological polar surface area (TPSA) is 47.8 Å². The number of benzene rings is 1. The summed E-state index contributed by atoms with van der Waals surface area (Å²) in [4.78, 5) is 13.1. The van der Waals surface area contributed by atoms with Gasteiger partial charge in [0.2, 0.25) is 0 Å². The van der Waals surface area contributed by atoms with Crippen molar-refractivity contribution < 1.29 is 4.79 Å². The molecule has 0 unspecified atom stereocenters. The van der Waals surface area contributed by atoms with E-state index < -0.39 is 5.41 Å². The number of rotatable bonds is 3. The van der Waals surface area contributed by atoms with Crippen LogP contribution in [0, 0.1) is 0 Å². The number of hydrogen-bond acceptors (Lipinski definition) is 3. The second kappa shape index (κ2) is 5.19. The largest absolute Gasteiger partial charge is 0.291 e. The molecule has 0 bridgehead atoms. The van der Waals surface area contributed by atoms with Crippen molar-refractivity contribution >= 4 is 5.78 Å². The molecule has 1 aliphatic carbocycles. The van der Waals surface area contributed by atoms with Crippen LogP contribution < -0.4 is 0 Å². The summed E-state index contributed by atoms with van der Waals surface area (Å²) < 4.78 is 1.58.